The molecule has 3 heteroatoms. The van der Waals surface area contributed by atoms with E-state index in [1.807, 2.05) is 0 Å². The van der Waals surface area contributed by atoms with Crippen LogP contribution in [0.25, 0.3) is 0 Å². The second-order valence-corrected chi connectivity index (χ2v) is 10.7. The van der Waals surface area contributed by atoms with Gasteiger partial charge in [-0.2, -0.15) is 0 Å². The van der Waals surface area contributed by atoms with Gasteiger partial charge in [-0.05, 0) is 105 Å². The van der Waals surface area contributed by atoms with Gasteiger partial charge in [-0.15, -0.1) is 0 Å². The Balaban J connectivity index is 1.28. The first-order valence-corrected chi connectivity index (χ1v) is 12.7. The molecule has 0 aliphatic heterocycles. The summed E-state index contributed by atoms with van der Waals surface area (Å²) < 4.78 is 5.97. The Bertz CT molecular complexity index is 612. The Morgan fingerprint density at radius 3 is 1.97 bits per heavy atom. The van der Waals surface area contributed by atoms with Crippen molar-refractivity contribution in [3.05, 3.63) is 29.8 Å². The van der Waals surface area contributed by atoms with Crippen molar-refractivity contribution in [3.63, 3.8) is 0 Å². The molecule has 0 saturated heterocycles. The molecule has 0 amide bonds. The lowest BCUT2D eigenvalue weighted by Gasteiger charge is -2.57. The minimum atomic E-state index is -0.429. The normalized spacial score (nSPS) is 30.7. The van der Waals surface area contributed by atoms with E-state index in [2.05, 4.69) is 43.0 Å². The first kappa shape index (κ1) is 22.1. The van der Waals surface area contributed by atoms with Crippen LogP contribution < -0.4 is 4.74 Å². The standard InChI is InChI=1S/C27H43NO2/c1-3-5-11-28(12-6-4-2)19-25(29)20-30-26-9-7-24(8-10-26)27-16-21-13-22(17-27)15-23(14-21)18-27/h7-10,21-23,25,29H,3-6,11-20H2,1-2H3. The van der Waals surface area contributed by atoms with Gasteiger partial charge >= 0.3 is 0 Å². The van der Waals surface area contributed by atoms with Crippen LogP contribution in [0.15, 0.2) is 24.3 Å². The topological polar surface area (TPSA) is 32.7 Å². The number of benzene rings is 1. The summed E-state index contributed by atoms with van der Waals surface area (Å²) in [7, 11) is 0. The fourth-order valence-electron chi connectivity index (χ4n) is 6.97. The van der Waals surface area contributed by atoms with Crippen LogP contribution in [-0.4, -0.2) is 42.4 Å². The highest BCUT2D eigenvalue weighted by molar-refractivity contribution is 5.34. The van der Waals surface area contributed by atoms with E-state index in [1.165, 1.54) is 64.2 Å². The Morgan fingerprint density at radius 2 is 1.47 bits per heavy atom. The van der Waals surface area contributed by atoms with Crippen molar-refractivity contribution in [2.45, 2.75) is 89.6 Å². The predicted octanol–water partition coefficient (Wildman–Crippen LogP) is 5.80. The largest absolute Gasteiger partial charge is 0.491 e. The summed E-state index contributed by atoms with van der Waals surface area (Å²) in [6, 6.07) is 8.94. The number of rotatable bonds is 12. The third kappa shape index (κ3) is 5.22. The molecule has 4 aliphatic rings. The lowest BCUT2D eigenvalue weighted by Crippen LogP contribution is -2.48. The quantitative estimate of drug-likeness (QED) is 0.470. The summed E-state index contributed by atoms with van der Waals surface area (Å²) in [5, 5.41) is 10.5. The Kier molecular flexibility index (Phi) is 7.41. The van der Waals surface area contributed by atoms with Crippen LogP contribution in [0.4, 0.5) is 0 Å². The molecule has 4 aliphatic carbocycles. The van der Waals surface area contributed by atoms with Crippen LogP contribution in [0.5, 0.6) is 5.75 Å². The molecule has 1 N–H and O–H groups in total. The number of hydrogen-bond donors (Lipinski definition) is 1. The third-order valence-corrected chi connectivity index (χ3v) is 8.07. The first-order valence-electron chi connectivity index (χ1n) is 12.7. The number of unbranched alkanes of at least 4 members (excludes halogenated alkanes) is 2. The minimum Gasteiger partial charge on any atom is -0.491 e. The minimum absolute atomic E-state index is 0.380. The molecule has 5 rings (SSSR count). The Hall–Kier alpha value is -1.06. The smallest absolute Gasteiger partial charge is 0.119 e. The average Bonchev–Trinajstić information content (AvgIpc) is 2.73. The van der Waals surface area contributed by atoms with Crippen molar-refractivity contribution >= 4 is 0 Å². The van der Waals surface area contributed by atoms with E-state index < -0.39 is 6.10 Å². The summed E-state index contributed by atoms with van der Waals surface area (Å²) in [4.78, 5) is 2.40. The zero-order chi connectivity index (χ0) is 21.0. The van der Waals surface area contributed by atoms with Crippen LogP contribution in [0.1, 0.15) is 83.6 Å². The highest BCUT2D eigenvalue weighted by Crippen LogP contribution is 2.60. The molecule has 0 heterocycles. The van der Waals surface area contributed by atoms with Crippen LogP contribution in [0.3, 0.4) is 0 Å². The molecule has 3 nitrogen and oxygen atoms in total. The van der Waals surface area contributed by atoms with Crippen LogP contribution in [0.2, 0.25) is 0 Å². The zero-order valence-electron chi connectivity index (χ0n) is 19.3. The van der Waals surface area contributed by atoms with E-state index in [1.54, 1.807) is 5.56 Å². The van der Waals surface area contributed by atoms with Crippen molar-refractivity contribution in [1.29, 1.82) is 0 Å². The van der Waals surface area contributed by atoms with Gasteiger partial charge in [0.25, 0.3) is 0 Å². The molecule has 0 aromatic heterocycles. The Morgan fingerprint density at radius 1 is 0.933 bits per heavy atom. The van der Waals surface area contributed by atoms with Gasteiger partial charge in [0.05, 0.1) is 0 Å². The highest BCUT2D eigenvalue weighted by atomic mass is 16.5. The van der Waals surface area contributed by atoms with Gasteiger partial charge in [0.1, 0.15) is 18.5 Å². The van der Waals surface area contributed by atoms with E-state index in [9.17, 15) is 5.11 Å². The molecule has 1 atom stereocenters. The fourth-order valence-corrected chi connectivity index (χ4v) is 6.97. The van der Waals surface area contributed by atoms with Crippen LogP contribution in [-0.2, 0) is 5.41 Å². The molecule has 1 aromatic carbocycles. The maximum Gasteiger partial charge on any atom is 0.119 e. The van der Waals surface area contributed by atoms with E-state index >= 15 is 0 Å². The summed E-state index contributed by atoms with van der Waals surface area (Å²) in [5.74, 6) is 3.83. The van der Waals surface area contributed by atoms with Gasteiger partial charge in [0.2, 0.25) is 0 Å². The second-order valence-electron chi connectivity index (χ2n) is 10.7. The van der Waals surface area contributed by atoms with E-state index in [4.69, 9.17) is 4.74 Å². The van der Waals surface area contributed by atoms with Gasteiger partial charge in [-0.25, -0.2) is 0 Å². The van der Waals surface area contributed by atoms with Crippen LogP contribution >= 0.6 is 0 Å². The van der Waals surface area contributed by atoms with Gasteiger partial charge in [-0.1, -0.05) is 38.8 Å². The second kappa shape index (κ2) is 10.0. The molecule has 30 heavy (non-hydrogen) atoms. The fraction of sp³-hybridized carbons (Fsp3) is 0.778. The molecule has 4 saturated carbocycles. The SMILES string of the molecule is CCCCN(CCCC)CC(O)COc1ccc(C23CC4CC(CC(C4)C2)C3)cc1. The van der Waals surface area contributed by atoms with E-state index in [0.717, 1.165) is 36.6 Å². The molecule has 168 valence electrons. The van der Waals surface area contributed by atoms with Gasteiger partial charge in [0.15, 0.2) is 0 Å². The summed E-state index contributed by atoms with van der Waals surface area (Å²) in [6.07, 6.45) is 13.1. The lowest BCUT2D eigenvalue weighted by atomic mass is 9.48. The molecule has 4 bridgehead atoms. The molecule has 4 fully saturated rings. The predicted molar refractivity (Wildman–Crippen MR) is 124 cm³/mol. The van der Waals surface area contributed by atoms with Crippen molar-refractivity contribution in [2.75, 3.05) is 26.2 Å². The number of ether oxygens (including phenoxy) is 1. The van der Waals surface area contributed by atoms with Crippen molar-refractivity contribution < 1.29 is 9.84 Å². The maximum atomic E-state index is 10.5. The summed E-state index contributed by atoms with van der Waals surface area (Å²) in [5.41, 5.74) is 1.99. The van der Waals surface area contributed by atoms with E-state index in [0.29, 0.717) is 18.6 Å². The average molecular weight is 414 g/mol. The van der Waals surface area contributed by atoms with Gasteiger partial charge < -0.3 is 14.7 Å². The van der Waals surface area contributed by atoms with Crippen LogP contribution in [0, 0.1) is 17.8 Å². The monoisotopic (exact) mass is 413 g/mol. The van der Waals surface area contributed by atoms with Gasteiger partial charge in [0, 0.05) is 6.54 Å². The summed E-state index contributed by atoms with van der Waals surface area (Å²) >= 11 is 0. The van der Waals surface area contributed by atoms with Crippen molar-refractivity contribution in [1.82, 2.24) is 4.90 Å². The highest BCUT2D eigenvalue weighted by Gasteiger charge is 2.51. The number of nitrogens with zero attached hydrogens (tertiary/aromatic N) is 1. The number of aliphatic hydroxyl groups is 1. The molecule has 0 radical (unpaired) electrons. The molecule has 0 spiro atoms. The van der Waals surface area contributed by atoms with Crippen molar-refractivity contribution in [2.24, 2.45) is 17.8 Å². The Labute approximate surface area is 184 Å². The number of hydrogen-bond acceptors (Lipinski definition) is 3. The number of aliphatic hydroxyl groups excluding tert-OH is 1. The zero-order valence-corrected chi connectivity index (χ0v) is 19.3. The summed E-state index contributed by atoms with van der Waals surface area (Å²) in [6.45, 7) is 7.70. The first-order chi connectivity index (χ1) is 14.6. The molecule has 1 aromatic rings. The molecule has 1 unspecified atom stereocenters. The van der Waals surface area contributed by atoms with E-state index in [-0.39, 0.29) is 0 Å². The molecular formula is C27H43NO2. The third-order valence-electron chi connectivity index (χ3n) is 8.07. The molecular weight excluding hydrogens is 370 g/mol. The lowest BCUT2D eigenvalue weighted by molar-refractivity contribution is -0.00522. The maximum absolute atomic E-state index is 10.5. The van der Waals surface area contributed by atoms with Crippen molar-refractivity contribution in [3.8, 4) is 5.75 Å². The van der Waals surface area contributed by atoms with Gasteiger partial charge in [-0.3, -0.25) is 0 Å².